The topological polar surface area (TPSA) is 81.7 Å². The molecule has 0 saturated heterocycles. The summed E-state index contributed by atoms with van der Waals surface area (Å²) in [5, 5.41) is 0.118. The van der Waals surface area contributed by atoms with E-state index in [1.807, 2.05) is 32.0 Å². The molecule has 0 amide bonds. The lowest BCUT2D eigenvalue weighted by atomic mass is 10.1. The molecule has 0 fully saturated rings. The third-order valence-corrected chi connectivity index (χ3v) is 5.90. The van der Waals surface area contributed by atoms with Crippen molar-refractivity contribution in [3.63, 3.8) is 0 Å². The number of nitrogens with one attached hydrogen (secondary N) is 1. The zero-order valence-corrected chi connectivity index (χ0v) is 17.1. The number of esters is 1. The number of carbonyl (C=O) groups is 1. The monoisotopic (exact) mass is 411 g/mol. The summed E-state index contributed by atoms with van der Waals surface area (Å²) in [6.07, 6.45) is 0. The summed E-state index contributed by atoms with van der Waals surface area (Å²) in [5.74, 6) is -0.0354. The van der Waals surface area contributed by atoms with Gasteiger partial charge in [0, 0.05) is 0 Å². The summed E-state index contributed by atoms with van der Waals surface area (Å²) < 4.78 is 37.9. The highest BCUT2D eigenvalue weighted by Crippen LogP contribution is 2.22. The van der Waals surface area contributed by atoms with Crippen LogP contribution in [0.15, 0.2) is 41.3 Å². The lowest BCUT2D eigenvalue weighted by Crippen LogP contribution is -2.36. The highest BCUT2D eigenvalue weighted by Gasteiger charge is 2.21. The molecular weight excluding hydrogens is 390 g/mol. The van der Waals surface area contributed by atoms with Crippen molar-refractivity contribution in [2.75, 3.05) is 13.7 Å². The number of sulfonamides is 1. The van der Waals surface area contributed by atoms with Crippen molar-refractivity contribution in [1.29, 1.82) is 0 Å². The molecule has 0 aliphatic rings. The van der Waals surface area contributed by atoms with E-state index in [0.29, 0.717) is 5.75 Å². The molecule has 0 bridgehead atoms. The van der Waals surface area contributed by atoms with Gasteiger partial charge < -0.3 is 9.47 Å². The predicted octanol–water partition coefficient (Wildman–Crippen LogP) is 3.49. The van der Waals surface area contributed by atoms with E-state index in [-0.39, 0.29) is 22.1 Å². The zero-order valence-electron chi connectivity index (χ0n) is 15.6. The van der Waals surface area contributed by atoms with Gasteiger partial charge >= 0.3 is 5.97 Å². The minimum atomic E-state index is -3.86. The minimum Gasteiger partial charge on any atom is -0.492 e. The second-order valence-electron chi connectivity index (χ2n) is 6.21. The number of halogens is 1. The van der Waals surface area contributed by atoms with E-state index in [1.165, 1.54) is 25.3 Å². The molecular formula is C19H22ClNO5S. The van der Waals surface area contributed by atoms with Gasteiger partial charge in [-0.15, -0.1) is 0 Å². The average molecular weight is 412 g/mol. The van der Waals surface area contributed by atoms with Crippen molar-refractivity contribution in [2.45, 2.75) is 31.7 Å². The van der Waals surface area contributed by atoms with Crippen LogP contribution in [0.2, 0.25) is 5.02 Å². The summed E-state index contributed by atoms with van der Waals surface area (Å²) in [7, 11) is -2.66. The van der Waals surface area contributed by atoms with E-state index in [0.717, 1.165) is 11.1 Å². The van der Waals surface area contributed by atoms with Gasteiger partial charge in [0.2, 0.25) is 10.0 Å². The maximum absolute atomic E-state index is 12.6. The number of carbonyl (C=O) groups excluding carboxylic acids is 1. The van der Waals surface area contributed by atoms with Crippen LogP contribution in [0.3, 0.4) is 0 Å². The molecule has 0 spiro atoms. The van der Waals surface area contributed by atoms with Crippen molar-refractivity contribution in [2.24, 2.45) is 0 Å². The smallest absolute Gasteiger partial charge is 0.339 e. The molecule has 0 aliphatic heterocycles. The van der Waals surface area contributed by atoms with Crippen LogP contribution in [0.1, 0.15) is 28.4 Å². The first kappa shape index (κ1) is 21.2. The Morgan fingerprint density at radius 1 is 1.15 bits per heavy atom. The normalized spacial score (nSPS) is 12.5. The van der Waals surface area contributed by atoms with Gasteiger partial charge in [-0.2, -0.15) is 0 Å². The molecule has 1 N–H and O–H groups in total. The van der Waals surface area contributed by atoms with Crippen LogP contribution in [0.25, 0.3) is 0 Å². The first-order valence-corrected chi connectivity index (χ1v) is 10.1. The Hall–Kier alpha value is -2.09. The van der Waals surface area contributed by atoms with E-state index >= 15 is 0 Å². The first-order valence-electron chi connectivity index (χ1n) is 8.24. The van der Waals surface area contributed by atoms with Crippen LogP contribution in [0.4, 0.5) is 0 Å². The Balaban J connectivity index is 2.08. The van der Waals surface area contributed by atoms with Gasteiger partial charge in [0.05, 0.1) is 28.6 Å². The predicted molar refractivity (Wildman–Crippen MR) is 104 cm³/mol. The van der Waals surface area contributed by atoms with Crippen LogP contribution < -0.4 is 9.46 Å². The minimum absolute atomic E-state index is 0.0129. The SMILES string of the molecule is COC(=O)c1cc(S(=O)(=O)NC(C)COc2ccc(C)c(C)c2)ccc1Cl. The fraction of sp³-hybridized carbons (Fsp3) is 0.316. The Morgan fingerprint density at radius 3 is 2.48 bits per heavy atom. The van der Waals surface area contributed by atoms with Crippen molar-refractivity contribution < 1.29 is 22.7 Å². The summed E-state index contributed by atoms with van der Waals surface area (Å²) in [4.78, 5) is 11.6. The zero-order chi connectivity index (χ0) is 20.2. The molecule has 8 heteroatoms. The summed E-state index contributed by atoms with van der Waals surface area (Å²) >= 11 is 5.93. The van der Waals surface area contributed by atoms with E-state index in [4.69, 9.17) is 16.3 Å². The molecule has 0 heterocycles. The van der Waals surface area contributed by atoms with E-state index in [9.17, 15) is 13.2 Å². The number of methoxy groups -OCH3 is 1. The van der Waals surface area contributed by atoms with Gasteiger partial charge in [-0.1, -0.05) is 17.7 Å². The number of aryl methyl sites for hydroxylation is 2. The lowest BCUT2D eigenvalue weighted by Gasteiger charge is -2.16. The number of hydrogen-bond donors (Lipinski definition) is 1. The third-order valence-electron chi connectivity index (χ3n) is 3.99. The van der Waals surface area contributed by atoms with Gasteiger partial charge in [0.1, 0.15) is 12.4 Å². The summed E-state index contributed by atoms with van der Waals surface area (Å²) in [5.41, 5.74) is 2.23. The van der Waals surface area contributed by atoms with Crippen LogP contribution >= 0.6 is 11.6 Å². The summed E-state index contributed by atoms with van der Waals surface area (Å²) in [6, 6.07) is 9.06. The highest BCUT2D eigenvalue weighted by molar-refractivity contribution is 7.89. The van der Waals surface area contributed by atoms with Gasteiger partial charge in [0.25, 0.3) is 0 Å². The molecule has 27 heavy (non-hydrogen) atoms. The number of rotatable bonds is 7. The van der Waals surface area contributed by atoms with Crippen molar-refractivity contribution in [3.05, 3.63) is 58.1 Å². The second kappa shape index (κ2) is 8.73. The highest BCUT2D eigenvalue weighted by atomic mass is 35.5. The Labute approximate surface area is 164 Å². The van der Waals surface area contributed by atoms with Crippen molar-refractivity contribution in [1.82, 2.24) is 4.72 Å². The van der Waals surface area contributed by atoms with Gasteiger partial charge in [-0.3, -0.25) is 0 Å². The van der Waals surface area contributed by atoms with Crippen LogP contribution in [-0.2, 0) is 14.8 Å². The van der Waals surface area contributed by atoms with Crippen molar-refractivity contribution in [3.8, 4) is 5.75 Å². The van der Waals surface area contributed by atoms with Crippen LogP contribution in [-0.4, -0.2) is 34.1 Å². The molecule has 6 nitrogen and oxygen atoms in total. The molecule has 0 aliphatic carbocycles. The lowest BCUT2D eigenvalue weighted by molar-refractivity contribution is 0.0600. The Kier molecular flexibility index (Phi) is 6.86. The van der Waals surface area contributed by atoms with Gasteiger partial charge in [-0.05, 0) is 62.2 Å². The van der Waals surface area contributed by atoms with E-state index < -0.39 is 22.0 Å². The molecule has 146 valence electrons. The molecule has 0 aromatic heterocycles. The molecule has 2 rings (SSSR count). The molecule has 1 atom stereocenters. The molecule has 0 radical (unpaired) electrons. The molecule has 2 aromatic carbocycles. The number of benzene rings is 2. The first-order chi connectivity index (χ1) is 12.6. The second-order valence-corrected chi connectivity index (χ2v) is 8.33. The molecule has 0 saturated carbocycles. The Morgan fingerprint density at radius 2 is 1.85 bits per heavy atom. The van der Waals surface area contributed by atoms with Gasteiger partial charge in [0.15, 0.2) is 0 Å². The van der Waals surface area contributed by atoms with E-state index in [1.54, 1.807) is 6.92 Å². The van der Waals surface area contributed by atoms with Crippen LogP contribution in [0, 0.1) is 13.8 Å². The van der Waals surface area contributed by atoms with Crippen molar-refractivity contribution >= 4 is 27.6 Å². The van der Waals surface area contributed by atoms with Gasteiger partial charge in [-0.25, -0.2) is 17.9 Å². The maximum atomic E-state index is 12.6. The summed E-state index contributed by atoms with van der Waals surface area (Å²) in [6.45, 7) is 5.83. The average Bonchev–Trinajstić information content (AvgIpc) is 2.62. The third kappa shape index (κ3) is 5.45. The molecule has 2 aromatic rings. The standard InChI is InChI=1S/C19H22ClNO5S/c1-12-5-6-15(9-13(12)2)26-11-14(3)21-27(23,24)16-7-8-18(20)17(10-16)19(22)25-4/h5-10,14,21H,11H2,1-4H3. The fourth-order valence-electron chi connectivity index (χ4n) is 2.33. The number of ether oxygens (including phenoxy) is 2. The van der Waals surface area contributed by atoms with E-state index in [2.05, 4.69) is 9.46 Å². The maximum Gasteiger partial charge on any atom is 0.339 e. The molecule has 1 unspecified atom stereocenters. The quantitative estimate of drug-likeness (QED) is 0.705. The largest absolute Gasteiger partial charge is 0.492 e. The Bertz CT molecular complexity index is 943. The fourth-order valence-corrected chi connectivity index (χ4v) is 3.78. The number of hydrogen-bond acceptors (Lipinski definition) is 5. The van der Waals surface area contributed by atoms with Crippen LogP contribution in [0.5, 0.6) is 5.75 Å².